The van der Waals surface area contributed by atoms with E-state index in [4.69, 9.17) is 30.1 Å². The van der Waals surface area contributed by atoms with Crippen LogP contribution in [0.4, 0.5) is 0 Å². The number of hydrogen-bond acceptors (Lipinski definition) is 9. The predicted molar refractivity (Wildman–Crippen MR) is 121 cm³/mol. The fourth-order valence-electron chi connectivity index (χ4n) is 3.23. The summed E-state index contributed by atoms with van der Waals surface area (Å²) in [5.41, 5.74) is -2.20. The molecule has 0 saturated carbocycles. The zero-order valence-electron chi connectivity index (χ0n) is 19.0. The van der Waals surface area contributed by atoms with Crippen molar-refractivity contribution in [1.29, 1.82) is 0 Å². The van der Waals surface area contributed by atoms with Crippen molar-refractivity contribution in [3.05, 3.63) is 40.5 Å². The summed E-state index contributed by atoms with van der Waals surface area (Å²) in [6, 6.07) is 6.30. The minimum Gasteiger partial charge on any atom is -0.463 e. The quantitative estimate of drug-likeness (QED) is 0.296. The van der Waals surface area contributed by atoms with E-state index in [0.717, 1.165) is 6.92 Å². The van der Waals surface area contributed by atoms with Crippen LogP contribution in [0.5, 0.6) is 0 Å². The molecule has 0 fully saturated rings. The smallest absolute Gasteiger partial charge is 0.350 e. The SMILES string of the molecule is CCOC(=O)C(NC(C)=O)(C(=O)OCC)c1nc2ccc(Cl)cc2cc1CP(=O)(OC)OC. The molecule has 0 bridgehead atoms. The Labute approximate surface area is 196 Å². The molecule has 0 aliphatic heterocycles. The van der Waals surface area contributed by atoms with Crippen molar-refractivity contribution in [2.24, 2.45) is 0 Å². The second kappa shape index (κ2) is 11.1. The number of halogens is 1. The van der Waals surface area contributed by atoms with Gasteiger partial charge >= 0.3 is 19.5 Å². The van der Waals surface area contributed by atoms with Crippen LogP contribution >= 0.6 is 19.2 Å². The van der Waals surface area contributed by atoms with Gasteiger partial charge in [-0.3, -0.25) is 9.36 Å². The maximum absolute atomic E-state index is 13.2. The highest BCUT2D eigenvalue weighted by molar-refractivity contribution is 7.52. The number of fused-ring (bicyclic) bond motifs is 1. The third kappa shape index (κ3) is 5.70. The largest absolute Gasteiger partial charge is 0.463 e. The van der Waals surface area contributed by atoms with Gasteiger partial charge in [0, 0.05) is 31.6 Å². The van der Waals surface area contributed by atoms with E-state index in [-0.39, 0.29) is 30.6 Å². The molecule has 2 aromatic rings. The number of nitrogens with one attached hydrogen (secondary N) is 1. The molecule has 0 unspecified atom stereocenters. The number of amides is 1. The topological polar surface area (TPSA) is 130 Å². The van der Waals surface area contributed by atoms with Crippen molar-refractivity contribution in [1.82, 2.24) is 10.3 Å². The first-order chi connectivity index (χ1) is 15.6. The molecule has 0 radical (unpaired) electrons. The highest BCUT2D eigenvalue weighted by atomic mass is 35.5. The van der Waals surface area contributed by atoms with Crippen molar-refractivity contribution >= 4 is 47.9 Å². The number of esters is 2. The molecule has 1 aromatic heterocycles. The lowest BCUT2D eigenvalue weighted by molar-refractivity contribution is -0.169. The van der Waals surface area contributed by atoms with Gasteiger partial charge in [-0.2, -0.15) is 0 Å². The van der Waals surface area contributed by atoms with E-state index >= 15 is 0 Å². The van der Waals surface area contributed by atoms with Gasteiger partial charge in [-0.15, -0.1) is 0 Å². The number of hydrogen-bond donors (Lipinski definition) is 1. The first-order valence-corrected chi connectivity index (χ1v) is 12.1. The van der Waals surface area contributed by atoms with Gasteiger partial charge in [0.25, 0.3) is 5.54 Å². The van der Waals surface area contributed by atoms with Crippen molar-refractivity contribution in [2.45, 2.75) is 32.5 Å². The Balaban J connectivity index is 2.98. The van der Waals surface area contributed by atoms with E-state index in [1.165, 1.54) is 14.2 Å². The van der Waals surface area contributed by atoms with Crippen LogP contribution in [-0.2, 0) is 49.2 Å². The molecule has 0 aliphatic carbocycles. The Morgan fingerprint density at radius 1 is 1.06 bits per heavy atom. The Morgan fingerprint density at radius 3 is 2.12 bits per heavy atom. The fourth-order valence-corrected chi connectivity index (χ4v) is 4.48. The summed E-state index contributed by atoms with van der Waals surface area (Å²) < 4.78 is 33.4. The number of carbonyl (C=O) groups excluding carboxylic acids is 3. The highest BCUT2D eigenvalue weighted by Gasteiger charge is 2.55. The summed E-state index contributed by atoms with van der Waals surface area (Å²) in [6.07, 6.45) is -0.370. The molecule has 1 aromatic carbocycles. The van der Waals surface area contributed by atoms with Gasteiger partial charge in [0.05, 0.1) is 30.6 Å². The van der Waals surface area contributed by atoms with Gasteiger partial charge < -0.3 is 23.8 Å². The van der Waals surface area contributed by atoms with E-state index in [1.807, 2.05) is 0 Å². The predicted octanol–water partition coefficient (Wildman–Crippen LogP) is 3.33. The van der Waals surface area contributed by atoms with E-state index < -0.39 is 31.0 Å². The summed E-state index contributed by atoms with van der Waals surface area (Å²) in [5.74, 6) is -2.93. The van der Waals surface area contributed by atoms with Gasteiger partial charge in [0.15, 0.2) is 0 Å². The van der Waals surface area contributed by atoms with E-state index in [9.17, 15) is 18.9 Å². The number of carbonyl (C=O) groups is 3. The molecular weight excluding hydrogens is 475 g/mol. The highest BCUT2D eigenvalue weighted by Crippen LogP contribution is 2.51. The minimum absolute atomic E-state index is 0.0905. The molecule has 0 saturated heterocycles. The van der Waals surface area contributed by atoms with E-state index in [2.05, 4.69) is 10.3 Å². The molecule has 12 heteroatoms. The van der Waals surface area contributed by atoms with Crippen molar-refractivity contribution in [3.8, 4) is 0 Å². The van der Waals surface area contributed by atoms with Gasteiger partial charge in [-0.05, 0) is 43.7 Å². The van der Waals surface area contributed by atoms with Crippen LogP contribution in [0.25, 0.3) is 10.9 Å². The lowest BCUT2D eigenvalue weighted by Crippen LogP contribution is -2.59. The first-order valence-electron chi connectivity index (χ1n) is 10.00. The number of pyridine rings is 1. The molecule has 1 amide bonds. The Bertz CT molecular complexity index is 1080. The normalized spacial score (nSPS) is 11.8. The van der Waals surface area contributed by atoms with Crippen LogP contribution in [0.3, 0.4) is 0 Å². The second-order valence-corrected chi connectivity index (χ2v) is 9.54. The molecule has 1 heterocycles. The summed E-state index contributed by atoms with van der Waals surface area (Å²) in [5, 5.41) is 3.31. The second-order valence-electron chi connectivity index (χ2n) is 6.84. The summed E-state index contributed by atoms with van der Waals surface area (Å²) in [4.78, 5) is 43.2. The monoisotopic (exact) mass is 500 g/mol. The van der Waals surface area contributed by atoms with Crippen molar-refractivity contribution < 1.29 is 37.5 Å². The third-order valence-electron chi connectivity index (χ3n) is 4.66. The molecule has 2 rings (SSSR count). The molecule has 0 atom stereocenters. The summed E-state index contributed by atoms with van der Waals surface area (Å²) in [7, 11) is -1.30. The lowest BCUT2D eigenvalue weighted by Gasteiger charge is -2.31. The number of aromatic nitrogens is 1. The van der Waals surface area contributed by atoms with Crippen LogP contribution in [0, 0.1) is 0 Å². The number of ether oxygens (including phenoxy) is 2. The average molecular weight is 501 g/mol. The van der Waals surface area contributed by atoms with E-state index in [0.29, 0.717) is 15.9 Å². The summed E-state index contributed by atoms with van der Waals surface area (Å²) in [6.45, 7) is 4.03. The number of rotatable bonds is 10. The molecule has 10 nitrogen and oxygen atoms in total. The van der Waals surface area contributed by atoms with Gasteiger partial charge in [0.1, 0.15) is 0 Å². The lowest BCUT2D eigenvalue weighted by atomic mass is 9.90. The third-order valence-corrected chi connectivity index (χ3v) is 6.73. The molecule has 1 N–H and O–H groups in total. The molecule has 33 heavy (non-hydrogen) atoms. The standard InChI is InChI=1S/C21H26ClN2O8P/c1-6-31-19(26)21(24-13(3)25,20(27)32-7-2)18-15(12-33(28,29-4)30-5)10-14-11-16(22)8-9-17(14)23-18/h8-11H,6-7,12H2,1-5H3,(H,24,25). The maximum Gasteiger partial charge on any atom is 0.350 e. The van der Waals surface area contributed by atoms with Gasteiger partial charge in [-0.1, -0.05) is 11.6 Å². The average Bonchev–Trinajstić information content (AvgIpc) is 2.77. The Hall–Kier alpha value is -2.52. The molecule has 0 spiro atoms. The van der Waals surface area contributed by atoms with Crippen LogP contribution in [0.15, 0.2) is 24.3 Å². The maximum atomic E-state index is 13.2. The van der Waals surface area contributed by atoms with Crippen LogP contribution < -0.4 is 5.32 Å². The van der Waals surface area contributed by atoms with Crippen LogP contribution in [0.2, 0.25) is 5.02 Å². The van der Waals surface area contributed by atoms with Crippen molar-refractivity contribution in [3.63, 3.8) is 0 Å². The molecule has 0 aliphatic rings. The Kier molecular flexibility index (Phi) is 8.97. The summed E-state index contributed by atoms with van der Waals surface area (Å²) >= 11 is 6.10. The van der Waals surface area contributed by atoms with Gasteiger partial charge in [-0.25, -0.2) is 14.6 Å². The molecular formula is C21H26ClN2O8P. The zero-order valence-corrected chi connectivity index (χ0v) is 20.6. The number of nitrogens with zero attached hydrogens (tertiary/aromatic N) is 1. The van der Waals surface area contributed by atoms with Crippen molar-refractivity contribution in [2.75, 3.05) is 27.4 Å². The van der Waals surface area contributed by atoms with Crippen LogP contribution in [-0.4, -0.2) is 50.3 Å². The van der Waals surface area contributed by atoms with Gasteiger partial charge in [0.2, 0.25) is 5.91 Å². The fraction of sp³-hybridized carbons (Fsp3) is 0.429. The number of benzene rings is 1. The Morgan fingerprint density at radius 2 is 1.64 bits per heavy atom. The van der Waals surface area contributed by atoms with E-state index in [1.54, 1.807) is 38.1 Å². The zero-order chi connectivity index (χ0) is 24.8. The molecule has 180 valence electrons. The minimum atomic E-state index is -3.70. The first kappa shape index (κ1) is 26.7. The van der Waals surface area contributed by atoms with Crippen LogP contribution in [0.1, 0.15) is 32.0 Å².